The number of nitrogens with zero attached hydrogens (tertiary/aromatic N) is 1. The van der Waals surface area contributed by atoms with E-state index in [9.17, 15) is 14.4 Å². The van der Waals surface area contributed by atoms with Crippen LogP contribution in [-0.2, 0) is 9.59 Å². The van der Waals surface area contributed by atoms with Gasteiger partial charge in [0.25, 0.3) is 0 Å². The zero-order valence-corrected chi connectivity index (χ0v) is 12.3. The lowest BCUT2D eigenvalue weighted by molar-refractivity contribution is -0.132. The van der Waals surface area contributed by atoms with Crippen LogP contribution < -0.4 is 10.6 Å². The van der Waals surface area contributed by atoms with E-state index in [1.54, 1.807) is 24.3 Å². The molecule has 0 fully saturated rings. The van der Waals surface area contributed by atoms with Crippen LogP contribution in [0, 0.1) is 11.3 Å². The average molecular weight is 307 g/mol. The van der Waals surface area contributed by atoms with Gasteiger partial charge >= 0.3 is 11.8 Å². The van der Waals surface area contributed by atoms with Gasteiger partial charge in [-0.25, -0.2) is 0 Å². The minimum Gasteiger partial charge on any atom is -0.318 e. The molecule has 2 aromatic carbocycles. The van der Waals surface area contributed by atoms with Crippen LogP contribution in [-0.4, -0.2) is 17.6 Å². The Morgan fingerprint density at radius 2 is 1.26 bits per heavy atom. The summed E-state index contributed by atoms with van der Waals surface area (Å²) in [6.45, 7) is 1.44. The molecule has 6 nitrogen and oxygen atoms in total. The Labute approximate surface area is 132 Å². The Bertz CT molecular complexity index is 787. The Kier molecular flexibility index (Phi) is 4.85. The number of amides is 2. The molecule has 0 saturated carbocycles. The summed E-state index contributed by atoms with van der Waals surface area (Å²) in [5.74, 6) is -1.74. The summed E-state index contributed by atoms with van der Waals surface area (Å²) < 4.78 is 0. The number of nitrogens with one attached hydrogen (secondary N) is 2. The van der Waals surface area contributed by atoms with Gasteiger partial charge in [-0.2, -0.15) is 5.26 Å². The summed E-state index contributed by atoms with van der Waals surface area (Å²) in [5, 5.41) is 13.6. The van der Waals surface area contributed by atoms with E-state index in [1.807, 2.05) is 6.07 Å². The summed E-state index contributed by atoms with van der Waals surface area (Å²) >= 11 is 0. The quantitative estimate of drug-likeness (QED) is 0.671. The maximum Gasteiger partial charge on any atom is 0.314 e. The Hall–Kier alpha value is -3.46. The Morgan fingerprint density at radius 1 is 0.826 bits per heavy atom. The van der Waals surface area contributed by atoms with Gasteiger partial charge in [-0.15, -0.1) is 0 Å². The van der Waals surface area contributed by atoms with E-state index in [4.69, 9.17) is 5.26 Å². The van der Waals surface area contributed by atoms with Crippen LogP contribution in [0.3, 0.4) is 0 Å². The summed E-state index contributed by atoms with van der Waals surface area (Å²) in [5.41, 5.74) is 1.80. The van der Waals surface area contributed by atoms with Gasteiger partial charge in [0, 0.05) is 16.9 Å². The smallest absolute Gasteiger partial charge is 0.314 e. The van der Waals surface area contributed by atoms with E-state index in [2.05, 4.69) is 10.6 Å². The predicted molar refractivity (Wildman–Crippen MR) is 84.9 cm³/mol. The second-order valence-corrected chi connectivity index (χ2v) is 4.73. The lowest BCUT2D eigenvalue weighted by Crippen LogP contribution is -2.29. The first kappa shape index (κ1) is 15.9. The molecule has 0 saturated heterocycles. The van der Waals surface area contributed by atoms with Crippen molar-refractivity contribution in [1.29, 1.82) is 5.26 Å². The van der Waals surface area contributed by atoms with Crippen molar-refractivity contribution in [3.05, 3.63) is 59.7 Å². The van der Waals surface area contributed by atoms with Crippen LogP contribution in [0.25, 0.3) is 0 Å². The van der Waals surface area contributed by atoms with E-state index in [-0.39, 0.29) is 5.78 Å². The maximum atomic E-state index is 11.8. The number of hydrogen-bond donors (Lipinski definition) is 2. The molecule has 114 valence electrons. The largest absolute Gasteiger partial charge is 0.318 e. The number of nitriles is 1. The number of carbonyl (C=O) groups is 3. The normalized spacial score (nSPS) is 9.57. The number of ketones is 1. The van der Waals surface area contributed by atoms with Gasteiger partial charge in [0.15, 0.2) is 5.78 Å². The van der Waals surface area contributed by atoms with Gasteiger partial charge in [0.1, 0.15) is 0 Å². The van der Waals surface area contributed by atoms with E-state index in [1.165, 1.54) is 31.2 Å². The molecular formula is C17H13N3O3. The van der Waals surface area contributed by atoms with Crippen molar-refractivity contribution in [2.45, 2.75) is 6.92 Å². The molecule has 2 rings (SSSR count). The van der Waals surface area contributed by atoms with Crippen molar-refractivity contribution in [3.8, 4) is 6.07 Å². The first-order valence-electron chi connectivity index (χ1n) is 6.73. The fourth-order valence-electron chi connectivity index (χ4n) is 1.79. The standard InChI is InChI=1S/C17H13N3O3/c1-11(21)13-4-8-15(9-5-13)20-17(23)16(22)19-14-6-2-12(10-18)3-7-14/h2-9H,1H3,(H,19,22)(H,20,23). The molecule has 0 unspecified atom stereocenters. The summed E-state index contributed by atoms with van der Waals surface area (Å²) in [4.78, 5) is 34.8. The topological polar surface area (TPSA) is 99.1 Å². The van der Waals surface area contributed by atoms with E-state index < -0.39 is 11.8 Å². The highest BCUT2D eigenvalue weighted by atomic mass is 16.2. The third kappa shape index (κ3) is 4.25. The van der Waals surface area contributed by atoms with E-state index in [0.29, 0.717) is 22.5 Å². The third-order valence-electron chi connectivity index (χ3n) is 3.03. The molecule has 0 aliphatic carbocycles. The van der Waals surface area contributed by atoms with Crippen LogP contribution in [0.4, 0.5) is 11.4 Å². The number of Topliss-reactive ketones (excluding diaryl/α,β-unsaturated/α-hetero) is 1. The molecule has 2 N–H and O–H groups in total. The van der Waals surface area contributed by atoms with Crippen LogP contribution in [0.1, 0.15) is 22.8 Å². The van der Waals surface area contributed by atoms with Gasteiger partial charge in [-0.3, -0.25) is 14.4 Å². The summed E-state index contributed by atoms with van der Waals surface area (Å²) in [7, 11) is 0. The number of rotatable bonds is 3. The molecule has 0 spiro atoms. The van der Waals surface area contributed by atoms with Crippen molar-refractivity contribution in [2.75, 3.05) is 10.6 Å². The monoisotopic (exact) mass is 307 g/mol. The van der Waals surface area contributed by atoms with Gasteiger partial charge in [-0.05, 0) is 55.5 Å². The highest BCUT2D eigenvalue weighted by Gasteiger charge is 2.14. The van der Waals surface area contributed by atoms with Crippen molar-refractivity contribution < 1.29 is 14.4 Å². The fraction of sp³-hybridized carbons (Fsp3) is 0.0588. The second-order valence-electron chi connectivity index (χ2n) is 4.73. The molecule has 2 aromatic rings. The number of hydrogen-bond acceptors (Lipinski definition) is 4. The maximum absolute atomic E-state index is 11.8. The minimum absolute atomic E-state index is 0.0820. The zero-order valence-electron chi connectivity index (χ0n) is 12.3. The molecular weight excluding hydrogens is 294 g/mol. The highest BCUT2D eigenvalue weighted by molar-refractivity contribution is 6.43. The van der Waals surface area contributed by atoms with Gasteiger partial charge in [0.2, 0.25) is 0 Å². The minimum atomic E-state index is -0.829. The number of benzene rings is 2. The lowest BCUT2D eigenvalue weighted by atomic mass is 10.1. The molecule has 0 aliphatic rings. The van der Waals surface area contributed by atoms with Crippen molar-refractivity contribution >= 4 is 29.0 Å². The number of anilines is 2. The average Bonchev–Trinajstić information content (AvgIpc) is 2.56. The third-order valence-corrected chi connectivity index (χ3v) is 3.03. The first-order chi connectivity index (χ1) is 11.0. The van der Waals surface area contributed by atoms with E-state index in [0.717, 1.165) is 0 Å². The van der Waals surface area contributed by atoms with Crippen LogP contribution in [0.2, 0.25) is 0 Å². The first-order valence-corrected chi connectivity index (χ1v) is 6.73. The molecule has 0 aliphatic heterocycles. The van der Waals surface area contributed by atoms with Crippen LogP contribution in [0.15, 0.2) is 48.5 Å². The highest BCUT2D eigenvalue weighted by Crippen LogP contribution is 2.11. The van der Waals surface area contributed by atoms with Crippen molar-refractivity contribution in [3.63, 3.8) is 0 Å². The van der Waals surface area contributed by atoms with Crippen LogP contribution >= 0.6 is 0 Å². The summed E-state index contributed by atoms with van der Waals surface area (Å²) in [6, 6.07) is 14.3. The van der Waals surface area contributed by atoms with Crippen molar-refractivity contribution in [2.24, 2.45) is 0 Å². The second kappa shape index (κ2) is 7.00. The fourth-order valence-corrected chi connectivity index (χ4v) is 1.79. The Balaban J connectivity index is 1.98. The molecule has 6 heteroatoms. The Morgan fingerprint density at radius 3 is 1.65 bits per heavy atom. The van der Waals surface area contributed by atoms with Gasteiger partial charge < -0.3 is 10.6 Å². The molecule has 0 aromatic heterocycles. The molecule has 2 amide bonds. The summed E-state index contributed by atoms with van der Waals surface area (Å²) in [6.07, 6.45) is 0. The van der Waals surface area contributed by atoms with Crippen molar-refractivity contribution in [1.82, 2.24) is 0 Å². The SMILES string of the molecule is CC(=O)c1ccc(NC(=O)C(=O)Nc2ccc(C#N)cc2)cc1. The zero-order chi connectivity index (χ0) is 16.8. The molecule has 0 heterocycles. The molecule has 0 radical (unpaired) electrons. The molecule has 0 bridgehead atoms. The number of carbonyl (C=O) groups excluding carboxylic acids is 3. The van der Waals surface area contributed by atoms with Crippen LogP contribution in [0.5, 0.6) is 0 Å². The lowest BCUT2D eigenvalue weighted by Gasteiger charge is -2.07. The van der Waals surface area contributed by atoms with E-state index >= 15 is 0 Å². The van der Waals surface area contributed by atoms with Gasteiger partial charge in [-0.1, -0.05) is 0 Å². The van der Waals surface area contributed by atoms with Gasteiger partial charge in [0.05, 0.1) is 11.6 Å². The molecule has 23 heavy (non-hydrogen) atoms. The molecule has 0 atom stereocenters. The predicted octanol–water partition coefficient (Wildman–Crippen LogP) is 2.34.